The Labute approximate surface area is 292 Å². The van der Waals surface area contributed by atoms with Crippen molar-refractivity contribution >= 4 is 47.7 Å². The number of hydrogen-bond acceptors (Lipinski definition) is 20. The molecule has 2 saturated heterocycles. The third-order valence-electron chi connectivity index (χ3n) is 6.73. The fourth-order valence-corrected chi connectivity index (χ4v) is 5.03. The molecular weight excluding hydrogens is 692 g/mol. The summed E-state index contributed by atoms with van der Waals surface area (Å²) in [5.41, 5.74) is 5.41. The van der Waals surface area contributed by atoms with Crippen LogP contribution in [0.2, 0.25) is 0 Å². The Morgan fingerprint density at radius 3 is 1.37 bits per heavy atom. The first-order valence-corrected chi connectivity index (χ1v) is 15.6. The summed E-state index contributed by atoms with van der Waals surface area (Å²) < 4.78 is 61.3. The molecule has 10 atom stereocenters. The molecule has 0 saturated carbocycles. The van der Waals surface area contributed by atoms with E-state index in [1.54, 1.807) is 0 Å². The van der Waals surface area contributed by atoms with E-state index >= 15 is 0 Å². The lowest BCUT2D eigenvalue weighted by Crippen LogP contribution is -2.67. The van der Waals surface area contributed by atoms with E-state index in [0.29, 0.717) is 0 Å². The van der Waals surface area contributed by atoms with Gasteiger partial charge in [-0.05, 0) is 0 Å². The highest BCUT2D eigenvalue weighted by Crippen LogP contribution is 2.35. The molecule has 3 N–H and O–H groups in total. The van der Waals surface area contributed by atoms with Crippen molar-refractivity contribution in [1.82, 2.24) is 5.32 Å². The van der Waals surface area contributed by atoms with E-state index in [4.69, 9.17) is 57.8 Å². The van der Waals surface area contributed by atoms with Crippen LogP contribution in [0.3, 0.4) is 0 Å². The predicted octanol–water partition coefficient (Wildman–Crippen LogP) is -2.30. The average molecular weight is 737 g/mol. The Hall–Kier alpha value is -4.44. The fourth-order valence-electron chi connectivity index (χ4n) is 5.03. The molecule has 0 spiro atoms. The van der Waals surface area contributed by atoms with Crippen molar-refractivity contribution in [3.63, 3.8) is 0 Å². The standard InChI is InChI=1S/C30H44N2O19/c1-13(33)41-10-20-23(44-15(3)35)25(45-16(4)36)28(48-19(7)39)30(50-20)51-24-21(11-42-14(2)34)49-29(43-12-22(40)32-9-8-31)27(47-18(6)38)26(24)46-17(5)37/h20-21,23-30H,8-12,31H2,1-7H3,(H,32,40). The van der Waals surface area contributed by atoms with E-state index in [0.717, 1.165) is 48.5 Å². The molecule has 0 aromatic heterocycles. The first-order valence-electron chi connectivity index (χ1n) is 15.6. The van der Waals surface area contributed by atoms with Crippen LogP contribution < -0.4 is 11.1 Å². The minimum Gasteiger partial charge on any atom is -0.463 e. The molecule has 0 bridgehead atoms. The van der Waals surface area contributed by atoms with Gasteiger partial charge in [0.15, 0.2) is 43.1 Å². The first-order chi connectivity index (χ1) is 23.9. The molecule has 0 aromatic carbocycles. The molecule has 2 aliphatic heterocycles. The maximum absolute atomic E-state index is 12.5. The van der Waals surface area contributed by atoms with Gasteiger partial charge in [0.1, 0.15) is 38.1 Å². The number of ether oxygens (including phenoxy) is 11. The van der Waals surface area contributed by atoms with Crippen molar-refractivity contribution in [1.29, 1.82) is 0 Å². The molecule has 0 aliphatic carbocycles. The summed E-state index contributed by atoms with van der Waals surface area (Å²) in [5, 5.41) is 2.47. The van der Waals surface area contributed by atoms with Crippen molar-refractivity contribution in [2.45, 2.75) is 110 Å². The molecule has 2 aliphatic rings. The van der Waals surface area contributed by atoms with Crippen LogP contribution in [-0.2, 0) is 90.5 Å². The van der Waals surface area contributed by atoms with Crippen molar-refractivity contribution < 1.29 is 90.5 Å². The summed E-state index contributed by atoms with van der Waals surface area (Å²) in [4.78, 5) is 97.4. The summed E-state index contributed by atoms with van der Waals surface area (Å²) in [6.45, 7) is 5.64. The van der Waals surface area contributed by atoms with Gasteiger partial charge >= 0.3 is 41.8 Å². The molecule has 10 unspecified atom stereocenters. The number of rotatable bonds is 16. The van der Waals surface area contributed by atoms with Crippen LogP contribution >= 0.6 is 0 Å². The van der Waals surface area contributed by atoms with Crippen LogP contribution in [0.15, 0.2) is 0 Å². The highest BCUT2D eigenvalue weighted by molar-refractivity contribution is 5.77. The van der Waals surface area contributed by atoms with Gasteiger partial charge in [0.2, 0.25) is 5.91 Å². The number of hydrogen-bond donors (Lipinski definition) is 2. The molecule has 0 aromatic rings. The SMILES string of the molecule is CC(=O)OCC1OC(OC2C(COC(C)=O)OC(OCC(=O)NCCN)C(OC(C)=O)C2OC(C)=O)C(OC(C)=O)C(OC(C)=O)C1OC(C)=O. The highest BCUT2D eigenvalue weighted by Gasteiger charge is 2.57. The van der Waals surface area contributed by atoms with Gasteiger partial charge in [0.05, 0.1) is 0 Å². The average Bonchev–Trinajstić information content (AvgIpc) is 3.00. The molecule has 1 amide bonds. The van der Waals surface area contributed by atoms with E-state index < -0.39 is 129 Å². The smallest absolute Gasteiger partial charge is 0.303 e. The van der Waals surface area contributed by atoms with Crippen LogP contribution in [0.25, 0.3) is 0 Å². The van der Waals surface area contributed by atoms with E-state index in [1.165, 1.54) is 0 Å². The Balaban J connectivity index is 2.70. The minimum absolute atomic E-state index is 0.109. The Morgan fingerprint density at radius 1 is 0.529 bits per heavy atom. The molecule has 21 heteroatoms. The lowest BCUT2D eigenvalue weighted by Gasteiger charge is -2.48. The van der Waals surface area contributed by atoms with Crippen molar-refractivity contribution in [3.05, 3.63) is 0 Å². The highest BCUT2D eigenvalue weighted by atomic mass is 16.8. The number of nitrogens with one attached hydrogen (secondary N) is 1. The van der Waals surface area contributed by atoms with Gasteiger partial charge < -0.3 is 63.2 Å². The van der Waals surface area contributed by atoms with Crippen molar-refractivity contribution in [2.75, 3.05) is 32.9 Å². The first kappa shape index (κ1) is 42.7. The number of amides is 1. The van der Waals surface area contributed by atoms with Crippen LogP contribution in [-0.4, -0.2) is 142 Å². The zero-order chi connectivity index (χ0) is 38.4. The van der Waals surface area contributed by atoms with Crippen molar-refractivity contribution in [2.24, 2.45) is 5.73 Å². The van der Waals surface area contributed by atoms with Gasteiger partial charge in [-0.3, -0.25) is 38.4 Å². The van der Waals surface area contributed by atoms with E-state index in [2.05, 4.69) is 5.32 Å². The van der Waals surface area contributed by atoms with E-state index in [9.17, 15) is 38.4 Å². The number of esters is 7. The summed E-state index contributed by atoms with van der Waals surface area (Å²) in [7, 11) is 0. The zero-order valence-corrected chi connectivity index (χ0v) is 29.1. The molecule has 0 radical (unpaired) electrons. The Morgan fingerprint density at radius 2 is 0.922 bits per heavy atom. The second-order valence-electron chi connectivity index (χ2n) is 11.1. The number of carbonyl (C=O) groups is 8. The van der Waals surface area contributed by atoms with Gasteiger partial charge in [0.25, 0.3) is 0 Å². The second kappa shape index (κ2) is 20.4. The Kier molecular flexibility index (Phi) is 17.1. The largest absolute Gasteiger partial charge is 0.463 e. The van der Waals surface area contributed by atoms with Gasteiger partial charge in [0, 0.05) is 61.6 Å². The maximum Gasteiger partial charge on any atom is 0.303 e. The number of nitrogens with two attached hydrogens (primary N) is 1. The molecule has 2 rings (SSSR count). The van der Waals surface area contributed by atoms with Crippen LogP contribution in [0.1, 0.15) is 48.5 Å². The van der Waals surface area contributed by atoms with E-state index in [1.807, 2.05) is 0 Å². The summed E-state index contributed by atoms with van der Waals surface area (Å²) in [5.74, 6) is -6.77. The Bertz CT molecular complexity index is 1280. The number of carbonyl (C=O) groups excluding carboxylic acids is 8. The van der Waals surface area contributed by atoms with Crippen LogP contribution in [0.5, 0.6) is 0 Å². The topological polar surface area (TPSA) is 276 Å². The van der Waals surface area contributed by atoms with Gasteiger partial charge in [-0.2, -0.15) is 0 Å². The molecule has 288 valence electrons. The summed E-state index contributed by atoms with van der Waals surface area (Å²) >= 11 is 0. The van der Waals surface area contributed by atoms with E-state index in [-0.39, 0.29) is 13.1 Å². The lowest BCUT2D eigenvalue weighted by molar-refractivity contribution is -0.360. The second-order valence-corrected chi connectivity index (χ2v) is 11.1. The third kappa shape index (κ3) is 14.0. The maximum atomic E-state index is 12.5. The molecule has 21 nitrogen and oxygen atoms in total. The minimum atomic E-state index is -1.84. The molecule has 2 fully saturated rings. The summed E-state index contributed by atoms with van der Waals surface area (Å²) in [6, 6.07) is 0. The molecule has 51 heavy (non-hydrogen) atoms. The van der Waals surface area contributed by atoms with Gasteiger partial charge in [-0.15, -0.1) is 0 Å². The normalized spacial score (nSPS) is 28.6. The lowest BCUT2D eigenvalue weighted by atomic mass is 9.96. The predicted molar refractivity (Wildman–Crippen MR) is 161 cm³/mol. The van der Waals surface area contributed by atoms with Gasteiger partial charge in [-0.25, -0.2) is 0 Å². The van der Waals surface area contributed by atoms with Crippen LogP contribution in [0, 0.1) is 0 Å². The van der Waals surface area contributed by atoms with Crippen LogP contribution in [0.4, 0.5) is 0 Å². The van der Waals surface area contributed by atoms with Gasteiger partial charge in [-0.1, -0.05) is 0 Å². The van der Waals surface area contributed by atoms with Crippen molar-refractivity contribution in [3.8, 4) is 0 Å². The molecular formula is C30H44N2O19. The summed E-state index contributed by atoms with van der Waals surface area (Å²) in [6.07, 6.45) is -16.3. The monoisotopic (exact) mass is 736 g/mol. The quantitative estimate of drug-likeness (QED) is 0.124. The fraction of sp³-hybridized carbons (Fsp3) is 0.733. The third-order valence-corrected chi connectivity index (χ3v) is 6.73. The zero-order valence-electron chi connectivity index (χ0n) is 29.1. The molecule has 2 heterocycles.